The number of thiophene rings is 1. The Morgan fingerprint density at radius 1 is 1.20 bits per heavy atom. The Hall–Kier alpha value is -2.53. The predicted octanol–water partition coefficient (Wildman–Crippen LogP) is 5.23. The van der Waals surface area contributed by atoms with Crippen molar-refractivity contribution in [2.24, 2.45) is 0 Å². The molecule has 0 saturated carbocycles. The number of carbonyl (C=O) groups is 1. The number of furan rings is 1. The van der Waals surface area contributed by atoms with E-state index in [1.165, 1.54) is 4.88 Å². The fraction of sp³-hybridized carbons (Fsp3) is 0.250. The monoisotopic (exact) mass is 354 g/mol. The van der Waals surface area contributed by atoms with Crippen molar-refractivity contribution < 1.29 is 9.21 Å². The van der Waals surface area contributed by atoms with Crippen LogP contribution in [0.1, 0.15) is 21.6 Å². The normalized spacial score (nSPS) is 10.6. The number of benzene rings is 1. The molecule has 1 N–H and O–H groups in total. The topological polar surface area (TPSA) is 45.5 Å². The summed E-state index contributed by atoms with van der Waals surface area (Å²) in [5, 5.41) is 5.09. The van der Waals surface area contributed by atoms with Gasteiger partial charge in [0, 0.05) is 22.7 Å². The first-order valence-electron chi connectivity index (χ1n) is 8.28. The second-order valence-corrected chi connectivity index (χ2v) is 7.22. The molecule has 0 bridgehead atoms. The standard InChI is InChI=1S/C20H22N2O2S/c1-15-10-16(2)12-18(11-15)21-20(23)22(13-17-6-8-24-14-17)7-5-19-4-3-9-25-19/h3-4,6,8-12,14H,5,7,13H2,1-2H3,(H,21,23). The maximum absolute atomic E-state index is 12.8. The van der Waals surface area contributed by atoms with E-state index in [4.69, 9.17) is 4.42 Å². The number of nitrogens with zero attached hydrogens (tertiary/aromatic N) is 1. The molecule has 3 aromatic rings. The number of carbonyl (C=O) groups excluding carboxylic acids is 1. The first-order valence-corrected chi connectivity index (χ1v) is 9.16. The molecule has 4 nitrogen and oxygen atoms in total. The molecule has 0 fully saturated rings. The van der Waals surface area contributed by atoms with Crippen molar-refractivity contribution in [2.45, 2.75) is 26.8 Å². The third-order valence-corrected chi connectivity index (χ3v) is 4.86. The predicted molar refractivity (Wildman–Crippen MR) is 102 cm³/mol. The van der Waals surface area contributed by atoms with E-state index in [0.717, 1.165) is 28.8 Å². The molecule has 3 rings (SSSR count). The Labute approximate surface area is 152 Å². The van der Waals surface area contributed by atoms with Crippen LogP contribution in [-0.2, 0) is 13.0 Å². The van der Waals surface area contributed by atoms with Gasteiger partial charge in [-0.3, -0.25) is 0 Å². The zero-order valence-corrected chi connectivity index (χ0v) is 15.3. The van der Waals surface area contributed by atoms with Crippen LogP contribution in [0, 0.1) is 13.8 Å². The van der Waals surface area contributed by atoms with Crippen LogP contribution in [0.5, 0.6) is 0 Å². The summed E-state index contributed by atoms with van der Waals surface area (Å²) in [7, 11) is 0. The van der Waals surface area contributed by atoms with Gasteiger partial charge in [-0.2, -0.15) is 0 Å². The van der Waals surface area contributed by atoms with E-state index in [2.05, 4.69) is 22.8 Å². The van der Waals surface area contributed by atoms with Gasteiger partial charge in [-0.1, -0.05) is 12.1 Å². The number of hydrogen-bond donors (Lipinski definition) is 1. The largest absolute Gasteiger partial charge is 0.472 e. The van der Waals surface area contributed by atoms with Gasteiger partial charge in [0.1, 0.15) is 0 Å². The number of urea groups is 1. The van der Waals surface area contributed by atoms with Crippen molar-refractivity contribution in [1.82, 2.24) is 4.90 Å². The number of amides is 2. The number of hydrogen-bond acceptors (Lipinski definition) is 3. The Balaban J connectivity index is 1.71. The van der Waals surface area contributed by atoms with Crippen molar-refractivity contribution in [3.8, 4) is 0 Å². The minimum atomic E-state index is -0.0947. The van der Waals surface area contributed by atoms with Gasteiger partial charge >= 0.3 is 6.03 Å². The molecule has 2 amide bonds. The maximum atomic E-state index is 12.8. The van der Waals surface area contributed by atoms with Gasteiger partial charge in [-0.15, -0.1) is 11.3 Å². The molecule has 0 atom stereocenters. The molecule has 1 aromatic carbocycles. The summed E-state index contributed by atoms with van der Waals surface area (Å²) in [5.41, 5.74) is 4.09. The van der Waals surface area contributed by atoms with Gasteiger partial charge < -0.3 is 14.6 Å². The zero-order chi connectivity index (χ0) is 17.6. The molecule has 0 radical (unpaired) electrons. The van der Waals surface area contributed by atoms with E-state index in [1.807, 2.05) is 43.0 Å². The van der Waals surface area contributed by atoms with Crippen molar-refractivity contribution >= 4 is 23.1 Å². The average Bonchev–Trinajstić information content (AvgIpc) is 3.24. The molecule has 5 heteroatoms. The molecule has 0 aliphatic rings. The Kier molecular flexibility index (Phi) is 5.56. The minimum Gasteiger partial charge on any atom is -0.472 e. The Morgan fingerprint density at radius 3 is 2.64 bits per heavy atom. The fourth-order valence-corrected chi connectivity index (χ4v) is 3.50. The number of aryl methyl sites for hydroxylation is 2. The summed E-state index contributed by atoms with van der Waals surface area (Å²) in [6, 6.07) is 12.0. The van der Waals surface area contributed by atoms with E-state index >= 15 is 0 Å². The third kappa shape index (κ3) is 4.97. The summed E-state index contributed by atoms with van der Waals surface area (Å²) >= 11 is 1.72. The first kappa shape index (κ1) is 17.3. The molecule has 0 aliphatic carbocycles. The lowest BCUT2D eigenvalue weighted by molar-refractivity contribution is 0.210. The molecule has 130 valence electrons. The van der Waals surface area contributed by atoms with E-state index in [9.17, 15) is 4.79 Å². The molecule has 2 heterocycles. The van der Waals surface area contributed by atoms with E-state index in [0.29, 0.717) is 13.1 Å². The Morgan fingerprint density at radius 2 is 2.00 bits per heavy atom. The molecule has 2 aromatic heterocycles. The van der Waals surface area contributed by atoms with Crippen molar-refractivity contribution in [3.63, 3.8) is 0 Å². The average molecular weight is 354 g/mol. The molecule has 0 saturated heterocycles. The van der Waals surface area contributed by atoms with Crippen LogP contribution in [0.25, 0.3) is 0 Å². The lowest BCUT2D eigenvalue weighted by Crippen LogP contribution is -2.36. The van der Waals surface area contributed by atoms with E-state index < -0.39 is 0 Å². The molecule has 0 spiro atoms. The summed E-state index contributed by atoms with van der Waals surface area (Å²) in [5.74, 6) is 0. The highest BCUT2D eigenvalue weighted by molar-refractivity contribution is 7.09. The van der Waals surface area contributed by atoms with Crippen molar-refractivity contribution in [2.75, 3.05) is 11.9 Å². The van der Waals surface area contributed by atoms with Gasteiger partial charge in [0.25, 0.3) is 0 Å². The van der Waals surface area contributed by atoms with Gasteiger partial charge in [0.2, 0.25) is 0 Å². The van der Waals surface area contributed by atoms with Crippen LogP contribution in [0.3, 0.4) is 0 Å². The smallest absolute Gasteiger partial charge is 0.322 e. The summed E-state index contributed by atoms with van der Waals surface area (Å²) in [6.45, 7) is 5.24. The van der Waals surface area contributed by atoms with Crippen molar-refractivity contribution in [1.29, 1.82) is 0 Å². The number of rotatable bonds is 6. The fourth-order valence-electron chi connectivity index (χ4n) is 2.80. The van der Waals surface area contributed by atoms with Crippen LogP contribution in [0.2, 0.25) is 0 Å². The van der Waals surface area contributed by atoms with Gasteiger partial charge in [0.15, 0.2) is 0 Å². The number of anilines is 1. The lowest BCUT2D eigenvalue weighted by atomic mass is 10.1. The van der Waals surface area contributed by atoms with E-state index in [-0.39, 0.29) is 6.03 Å². The number of nitrogens with one attached hydrogen (secondary N) is 1. The molecular weight excluding hydrogens is 332 g/mol. The van der Waals surface area contributed by atoms with Gasteiger partial charge in [-0.05, 0) is 61.0 Å². The molecule has 0 aliphatic heterocycles. The SMILES string of the molecule is Cc1cc(C)cc(NC(=O)N(CCc2cccs2)Cc2ccoc2)c1. The summed E-state index contributed by atoms with van der Waals surface area (Å²) < 4.78 is 5.14. The summed E-state index contributed by atoms with van der Waals surface area (Å²) in [6.07, 6.45) is 4.16. The minimum absolute atomic E-state index is 0.0947. The van der Waals surface area contributed by atoms with Crippen LogP contribution < -0.4 is 5.32 Å². The molecular formula is C20H22N2O2S. The lowest BCUT2D eigenvalue weighted by Gasteiger charge is -2.22. The second kappa shape index (κ2) is 8.03. The first-order chi connectivity index (χ1) is 12.1. The van der Waals surface area contributed by atoms with Crippen LogP contribution in [0.4, 0.5) is 10.5 Å². The van der Waals surface area contributed by atoms with Gasteiger partial charge in [0.05, 0.1) is 19.1 Å². The van der Waals surface area contributed by atoms with Crippen LogP contribution >= 0.6 is 11.3 Å². The molecule has 25 heavy (non-hydrogen) atoms. The zero-order valence-electron chi connectivity index (χ0n) is 14.5. The molecule has 0 unspecified atom stereocenters. The quantitative estimate of drug-likeness (QED) is 0.658. The van der Waals surface area contributed by atoms with E-state index in [1.54, 1.807) is 23.9 Å². The van der Waals surface area contributed by atoms with Crippen LogP contribution in [-0.4, -0.2) is 17.5 Å². The van der Waals surface area contributed by atoms with Crippen LogP contribution in [0.15, 0.2) is 58.7 Å². The highest BCUT2D eigenvalue weighted by atomic mass is 32.1. The third-order valence-electron chi connectivity index (χ3n) is 3.92. The van der Waals surface area contributed by atoms with Gasteiger partial charge in [-0.25, -0.2) is 4.79 Å². The Bertz CT molecular complexity index is 790. The summed E-state index contributed by atoms with van der Waals surface area (Å²) in [4.78, 5) is 15.9. The second-order valence-electron chi connectivity index (χ2n) is 6.19. The maximum Gasteiger partial charge on any atom is 0.322 e. The highest BCUT2D eigenvalue weighted by Crippen LogP contribution is 2.16. The van der Waals surface area contributed by atoms with Crippen molar-refractivity contribution in [3.05, 3.63) is 75.9 Å². The highest BCUT2D eigenvalue weighted by Gasteiger charge is 2.15.